The van der Waals surface area contributed by atoms with E-state index in [1.54, 1.807) is 36.4 Å². The van der Waals surface area contributed by atoms with E-state index >= 15 is 0 Å². The van der Waals surface area contributed by atoms with Gasteiger partial charge in [-0.1, -0.05) is 35.3 Å². The number of carbonyl (C=O) groups excluding carboxylic acids is 1. The van der Waals surface area contributed by atoms with E-state index in [4.69, 9.17) is 42.1 Å². The van der Waals surface area contributed by atoms with E-state index < -0.39 is 5.91 Å². The molecule has 0 spiro atoms. The molecule has 3 aromatic rings. The van der Waals surface area contributed by atoms with Crippen molar-refractivity contribution in [1.29, 1.82) is 0 Å². The Labute approximate surface area is 201 Å². The summed E-state index contributed by atoms with van der Waals surface area (Å²) < 4.78 is 21.6. The maximum absolute atomic E-state index is 12.4. The Morgan fingerprint density at radius 1 is 0.970 bits per heavy atom. The molecule has 0 fully saturated rings. The Kier molecular flexibility index (Phi) is 8.40. The summed E-state index contributed by atoms with van der Waals surface area (Å²) in [6.07, 6.45) is 1.45. The van der Waals surface area contributed by atoms with Crippen molar-refractivity contribution in [2.45, 2.75) is 6.61 Å². The summed E-state index contributed by atoms with van der Waals surface area (Å²) in [5, 5.41) is 4.96. The second-order valence-electron chi connectivity index (χ2n) is 6.75. The largest absolute Gasteiger partial charge is 0.497 e. The van der Waals surface area contributed by atoms with Crippen molar-refractivity contribution in [3.8, 4) is 23.0 Å². The number of benzene rings is 3. The molecule has 0 aliphatic carbocycles. The molecule has 0 aliphatic heterocycles. The minimum absolute atomic E-state index is 0.268. The zero-order valence-electron chi connectivity index (χ0n) is 18.2. The number of halogens is 2. The summed E-state index contributed by atoms with van der Waals surface area (Å²) in [4.78, 5) is 12.4. The Bertz CT molecular complexity index is 1150. The van der Waals surface area contributed by atoms with Gasteiger partial charge in [-0.25, -0.2) is 5.43 Å². The highest BCUT2D eigenvalue weighted by molar-refractivity contribution is 6.32. The van der Waals surface area contributed by atoms with Gasteiger partial charge in [0.25, 0.3) is 5.91 Å². The van der Waals surface area contributed by atoms with Crippen LogP contribution in [0.2, 0.25) is 10.0 Å². The van der Waals surface area contributed by atoms with E-state index in [1.807, 2.05) is 18.2 Å². The fourth-order valence-corrected chi connectivity index (χ4v) is 3.39. The summed E-state index contributed by atoms with van der Waals surface area (Å²) in [5.74, 6) is 1.38. The minimum atomic E-state index is -0.428. The topological polar surface area (TPSA) is 78.4 Å². The second-order valence-corrected chi connectivity index (χ2v) is 7.60. The average molecular weight is 489 g/mol. The molecule has 7 nitrogen and oxygen atoms in total. The Balaban J connectivity index is 1.71. The third-order valence-corrected chi connectivity index (χ3v) is 5.03. The Hall–Kier alpha value is -3.42. The number of nitrogens with zero attached hydrogens (tertiary/aromatic N) is 1. The number of ether oxygens (including phenoxy) is 4. The van der Waals surface area contributed by atoms with Gasteiger partial charge in [-0.3, -0.25) is 4.79 Å². The van der Waals surface area contributed by atoms with Gasteiger partial charge in [0, 0.05) is 16.7 Å². The predicted octanol–water partition coefficient (Wildman–Crippen LogP) is 5.36. The van der Waals surface area contributed by atoms with E-state index in [9.17, 15) is 4.79 Å². The van der Waals surface area contributed by atoms with Crippen molar-refractivity contribution in [1.82, 2.24) is 5.43 Å². The number of carbonyl (C=O) groups is 1. The lowest BCUT2D eigenvalue weighted by Gasteiger charge is -2.13. The van der Waals surface area contributed by atoms with Gasteiger partial charge in [-0.2, -0.15) is 5.10 Å². The quantitative estimate of drug-likeness (QED) is 0.323. The summed E-state index contributed by atoms with van der Waals surface area (Å²) in [6.45, 7) is 0.268. The molecule has 0 aromatic heterocycles. The first kappa shape index (κ1) is 24.2. The molecular formula is C24H22Cl2N2O5. The van der Waals surface area contributed by atoms with Gasteiger partial charge in [-0.15, -0.1) is 0 Å². The highest BCUT2D eigenvalue weighted by atomic mass is 35.5. The minimum Gasteiger partial charge on any atom is -0.497 e. The van der Waals surface area contributed by atoms with Crippen molar-refractivity contribution in [2.75, 3.05) is 21.3 Å². The molecule has 0 radical (unpaired) electrons. The van der Waals surface area contributed by atoms with Crippen molar-refractivity contribution in [2.24, 2.45) is 5.10 Å². The van der Waals surface area contributed by atoms with Crippen LogP contribution in [0.5, 0.6) is 23.0 Å². The van der Waals surface area contributed by atoms with Crippen molar-refractivity contribution in [3.63, 3.8) is 0 Å². The summed E-state index contributed by atoms with van der Waals surface area (Å²) in [7, 11) is 4.53. The summed E-state index contributed by atoms with van der Waals surface area (Å²) >= 11 is 12.4. The van der Waals surface area contributed by atoms with Crippen molar-refractivity contribution in [3.05, 3.63) is 81.3 Å². The second kappa shape index (κ2) is 11.4. The molecule has 0 atom stereocenters. The van der Waals surface area contributed by atoms with Crippen LogP contribution in [0.25, 0.3) is 0 Å². The van der Waals surface area contributed by atoms with Crippen LogP contribution in [0.15, 0.2) is 59.7 Å². The molecule has 9 heteroatoms. The van der Waals surface area contributed by atoms with Crippen LogP contribution in [0, 0.1) is 0 Å². The first-order valence-electron chi connectivity index (χ1n) is 9.74. The standard InChI is InChI=1S/C24H22Cl2N2O5/c1-30-19-10-17(11-20(12-19)31-2)24(29)28-27-13-16-8-21(26)23(22(9-16)32-3)33-14-15-5-4-6-18(25)7-15/h4-13H,14H2,1-3H3,(H,28,29)/b27-13-. The van der Waals surface area contributed by atoms with Gasteiger partial charge in [-0.05, 0) is 47.5 Å². The molecule has 3 rings (SSSR count). The number of amides is 1. The molecule has 3 aromatic carbocycles. The van der Waals surface area contributed by atoms with Crippen LogP contribution < -0.4 is 24.4 Å². The number of methoxy groups -OCH3 is 3. The van der Waals surface area contributed by atoms with Gasteiger partial charge >= 0.3 is 0 Å². The normalized spacial score (nSPS) is 10.7. The SMILES string of the molecule is COc1cc(OC)cc(C(=O)N/N=C\c2cc(Cl)c(OCc3cccc(Cl)c3)c(OC)c2)c1. The molecule has 0 bridgehead atoms. The number of nitrogens with one attached hydrogen (secondary N) is 1. The summed E-state index contributed by atoms with van der Waals surface area (Å²) in [6, 6.07) is 15.5. The van der Waals surface area contributed by atoms with Crippen LogP contribution in [-0.2, 0) is 6.61 Å². The number of hydrogen-bond donors (Lipinski definition) is 1. The van der Waals surface area contributed by atoms with E-state index in [0.29, 0.717) is 44.2 Å². The van der Waals surface area contributed by atoms with Crippen LogP contribution in [-0.4, -0.2) is 33.5 Å². The highest BCUT2D eigenvalue weighted by Crippen LogP contribution is 2.36. The van der Waals surface area contributed by atoms with Crippen LogP contribution in [0.1, 0.15) is 21.5 Å². The van der Waals surface area contributed by atoms with E-state index in [-0.39, 0.29) is 6.61 Å². The predicted molar refractivity (Wildman–Crippen MR) is 128 cm³/mol. The molecule has 1 amide bonds. The fourth-order valence-electron chi connectivity index (χ4n) is 2.91. The number of hydrazone groups is 1. The lowest BCUT2D eigenvalue weighted by molar-refractivity contribution is 0.0954. The van der Waals surface area contributed by atoms with E-state index in [1.165, 1.54) is 27.5 Å². The maximum atomic E-state index is 12.4. The van der Waals surface area contributed by atoms with E-state index in [2.05, 4.69) is 10.5 Å². The van der Waals surface area contributed by atoms with Gasteiger partial charge in [0.1, 0.15) is 18.1 Å². The first-order chi connectivity index (χ1) is 15.9. The third kappa shape index (κ3) is 6.54. The fraction of sp³-hybridized carbons (Fsp3) is 0.167. The van der Waals surface area contributed by atoms with Gasteiger partial charge in [0.2, 0.25) is 0 Å². The third-order valence-electron chi connectivity index (χ3n) is 4.52. The molecule has 0 heterocycles. The average Bonchev–Trinajstić information content (AvgIpc) is 2.82. The highest BCUT2D eigenvalue weighted by Gasteiger charge is 2.13. The first-order valence-corrected chi connectivity index (χ1v) is 10.5. The van der Waals surface area contributed by atoms with Gasteiger partial charge < -0.3 is 18.9 Å². The van der Waals surface area contributed by atoms with Crippen molar-refractivity contribution >= 4 is 35.3 Å². The van der Waals surface area contributed by atoms with Crippen molar-refractivity contribution < 1.29 is 23.7 Å². The molecule has 0 saturated heterocycles. The van der Waals surface area contributed by atoms with Crippen LogP contribution >= 0.6 is 23.2 Å². The van der Waals surface area contributed by atoms with Crippen LogP contribution in [0.3, 0.4) is 0 Å². The van der Waals surface area contributed by atoms with Crippen LogP contribution in [0.4, 0.5) is 0 Å². The lowest BCUT2D eigenvalue weighted by atomic mass is 10.2. The van der Waals surface area contributed by atoms with E-state index in [0.717, 1.165) is 5.56 Å². The molecule has 33 heavy (non-hydrogen) atoms. The molecule has 1 N–H and O–H groups in total. The maximum Gasteiger partial charge on any atom is 0.271 e. The molecule has 0 aliphatic rings. The molecule has 0 unspecified atom stereocenters. The molecule has 0 saturated carbocycles. The number of rotatable bonds is 9. The smallest absolute Gasteiger partial charge is 0.271 e. The molecule has 172 valence electrons. The zero-order chi connectivity index (χ0) is 23.8. The van der Waals surface area contributed by atoms with Gasteiger partial charge in [0.05, 0.1) is 32.6 Å². The zero-order valence-corrected chi connectivity index (χ0v) is 19.7. The summed E-state index contributed by atoms with van der Waals surface area (Å²) in [5.41, 5.74) is 4.30. The van der Waals surface area contributed by atoms with Gasteiger partial charge in [0.15, 0.2) is 11.5 Å². The monoisotopic (exact) mass is 488 g/mol. The lowest BCUT2D eigenvalue weighted by Crippen LogP contribution is -2.17. The Morgan fingerprint density at radius 2 is 1.70 bits per heavy atom. The number of hydrogen-bond acceptors (Lipinski definition) is 6. The molecular weight excluding hydrogens is 467 g/mol. The Morgan fingerprint density at radius 3 is 2.33 bits per heavy atom.